The monoisotopic (exact) mass is 522 g/mol. The molecule has 0 saturated heterocycles. The van der Waals surface area contributed by atoms with Gasteiger partial charge >= 0.3 is 24.2 Å². The molecule has 0 heterocycles. The zero-order valence-corrected chi connectivity index (χ0v) is 21.4. The summed E-state index contributed by atoms with van der Waals surface area (Å²) in [5.41, 5.74) is 0. The van der Waals surface area contributed by atoms with Gasteiger partial charge in [0.15, 0.2) is 0 Å². The molecule has 0 bridgehead atoms. The number of hydrogen-bond donors (Lipinski definition) is 1. The molecule has 12 heteroatoms. The topological polar surface area (TPSA) is 153 Å². The van der Waals surface area contributed by atoms with Gasteiger partial charge in [-0.3, -0.25) is 9.59 Å². The summed E-state index contributed by atoms with van der Waals surface area (Å²) in [6.07, 6.45) is 5.30. The molecule has 0 aliphatic rings. The van der Waals surface area contributed by atoms with Crippen LogP contribution in [0.3, 0.4) is 0 Å². The average Bonchev–Trinajstić information content (AvgIpc) is 2.86. The van der Waals surface area contributed by atoms with Crippen LogP contribution in [0.1, 0.15) is 70.6 Å². The predicted molar refractivity (Wildman–Crippen MR) is 126 cm³/mol. The van der Waals surface area contributed by atoms with Gasteiger partial charge in [-0.25, -0.2) is 9.59 Å². The Hall–Kier alpha value is -2.60. The third kappa shape index (κ3) is 24.5. The van der Waals surface area contributed by atoms with Gasteiger partial charge in [0.25, 0.3) is 0 Å². The largest absolute Gasteiger partial charge is 0.508 e. The molecular formula is C24H42O12. The first kappa shape index (κ1) is 33.4. The molecule has 0 aliphatic heterocycles. The first-order valence-corrected chi connectivity index (χ1v) is 12.5. The van der Waals surface area contributed by atoms with Gasteiger partial charge in [0.1, 0.15) is 13.2 Å². The fourth-order valence-corrected chi connectivity index (χ4v) is 2.74. The van der Waals surface area contributed by atoms with Crippen LogP contribution in [0.5, 0.6) is 0 Å². The molecule has 12 nitrogen and oxygen atoms in total. The van der Waals surface area contributed by atoms with E-state index in [4.69, 9.17) is 33.5 Å². The smallest absolute Gasteiger partial charge is 0.466 e. The Labute approximate surface area is 212 Å². The van der Waals surface area contributed by atoms with Gasteiger partial charge in [-0.2, -0.15) is 0 Å². The molecule has 0 unspecified atom stereocenters. The number of carbonyl (C=O) groups is 4. The second kappa shape index (κ2) is 25.5. The van der Waals surface area contributed by atoms with E-state index < -0.39 is 12.3 Å². The highest BCUT2D eigenvalue weighted by Gasteiger charge is 2.08. The van der Waals surface area contributed by atoms with E-state index in [2.05, 4.69) is 4.74 Å². The maximum atomic E-state index is 11.7. The van der Waals surface area contributed by atoms with Gasteiger partial charge in [-0.05, 0) is 57.8 Å². The third-order valence-electron chi connectivity index (χ3n) is 4.62. The van der Waals surface area contributed by atoms with Crippen LogP contribution in [0, 0.1) is 0 Å². The zero-order valence-electron chi connectivity index (χ0n) is 21.4. The van der Waals surface area contributed by atoms with Crippen LogP contribution in [0.4, 0.5) is 9.59 Å². The lowest BCUT2D eigenvalue weighted by atomic mass is 10.2. The minimum absolute atomic E-state index is 0.0819. The standard InChI is InChI=1S/C24H42O12/c1-30-19-20-36-24(29)34-17-9-5-3-7-15-32-22(27)12-10-11-21(26)31-14-6-2-4-8-16-33-23(28)35-18-13-25/h25H,2-20H2,1H3. The number of ether oxygens (including phenoxy) is 7. The zero-order chi connectivity index (χ0) is 26.7. The Balaban J connectivity index is 3.41. The van der Waals surface area contributed by atoms with Crippen LogP contribution in [0.2, 0.25) is 0 Å². The highest BCUT2D eigenvalue weighted by atomic mass is 16.7. The van der Waals surface area contributed by atoms with E-state index in [0.29, 0.717) is 51.9 Å². The van der Waals surface area contributed by atoms with Crippen molar-refractivity contribution in [3.05, 3.63) is 0 Å². The minimum atomic E-state index is -0.792. The lowest BCUT2D eigenvalue weighted by Crippen LogP contribution is -2.12. The maximum absolute atomic E-state index is 11.7. The third-order valence-corrected chi connectivity index (χ3v) is 4.62. The lowest BCUT2D eigenvalue weighted by Gasteiger charge is -2.07. The number of unbranched alkanes of at least 4 members (excludes halogenated alkanes) is 6. The second-order valence-corrected chi connectivity index (χ2v) is 7.73. The number of esters is 2. The Morgan fingerprint density at radius 1 is 0.472 bits per heavy atom. The van der Waals surface area contributed by atoms with Crippen molar-refractivity contribution >= 4 is 24.2 Å². The predicted octanol–water partition coefficient (Wildman–Crippen LogP) is 3.31. The summed E-state index contributed by atoms with van der Waals surface area (Å²) >= 11 is 0. The molecule has 0 rings (SSSR count). The molecule has 0 amide bonds. The van der Waals surface area contributed by atoms with Crippen molar-refractivity contribution in [1.29, 1.82) is 0 Å². The fraction of sp³-hybridized carbons (Fsp3) is 0.833. The number of methoxy groups -OCH3 is 1. The summed E-state index contributed by atoms with van der Waals surface area (Å²) in [4.78, 5) is 45.7. The summed E-state index contributed by atoms with van der Waals surface area (Å²) in [5, 5.41) is 8.51. The van der Waals surface area contributed by atoms with E-state index in [-0.39, 0.29) is 57.8 Å². The Morgan fingerprint density at radius 2 is 0.861 bits per heavy atom. The van der Waals surface area contributed by atoms with Crippen LogP contribution in [0.15, 0.2) is 0 Å². The van der Waals surface area contributed by atoms with Crippen molar-refractivity contribution < 1.29 is 57.4 Å². The van der Waals surface area contributed by atoms with Gasteiger partial charge in [0.05, 0.1) is 39.6 Å². The minimum Gasteiger partial charge on any atom is -0.466 e. The van der Waals surface area contributed by atoms with Crippen molar-refractivity contribution in [2.45, 2.75) is 70.6 Å². The first-order chi connectivity index (χ1) is 17.5. The van der Waals surface area contributed by atoms with Gasteiger partial charge < -0.3 is 38.3 Å². The van der Waals surface area contributed by atoms with Crippen LogP contribution in [-0.2, 0) is 42.7 Å². The number of rotatable bonds is 23. The number of aliphatic hydroxyl groups excluding tert-OH is 1. The van der Waals surface area contributed by atoms with Crippen LogP contribution < -0.4 is 0 Å². The Bertz CT molecular complexity index is 581. The molecule has 1 N–H and O–H groups in total. The van der Waals surface area contributed by atoms with E-state index in [0.717, 1.165) is 25.7 Å². The molecular weight excluding hydrogens is 480 g/mol. The number of hydrogen-bond acceptors (Lipinski definition) is 12. The van der Waals surface area contributed by atoms with Crippen LogP contribution in [0.25, 0.3) is 0 Å². The molecule has 0 aromatic rings. The van der Waals surface area contributed by atoms with Crippen molar-refractivity contribution in [1.82, 2.24) is 0 Å². The molecule has 0 saturated carbocycles. The summed E-state index contributed by atoms with van der Waals surface area (Å²) < 4.78 is 34.1. The highest BCUT2D eigenvalue weighted by molar-refractivity contribution is 5.72. The SMILES string of the molecule is COCCOC(=O)OCCCCCCOC(=O)CCCC(=O)OCCCCCCOC(=O)OCCO. The van der Waals surface area contributed by atoms with Gasteiger partial charge in [0, 0.05) is 20.0 Å². The average molecular weight is 523 g/mol. The molecule has 0 aromatic heterocycles. The number of aliphatic hydroxyl groups is 1. The summed E-state index contributed by atoms with van der Waals surface area (Å²) in [7, 11) is 1.52. The van der Waals surface area contributed by atoms with Crippen LogP contribution >= 0.6 is 0 Å². The summed E-state index contributed by atoms with van der Waals surface area (Å²) in [5.74, 6) is -0.685. The van der Waals surface area contributed by atoms with E-state index >= 15 is 0 Å². The van der Waals surface area contributed by atoms with E-state index in [1.54, 1.807) is 0 Å². The number of carbonyl (C=O) groups excluding carboxylic acids is 4. The first-order valence-electron chi connectivity index (χ1n) is 12.5. The molecule has 0 atom stereocenters. The van der Waals surface area contributed by atoms with E-state index in [9.17, 15) is 19.2 Å². The molecule has 0 radical (unpaired) electrons. The van der Waals surface area contributed by atoms with Crippen molar-refractivity contribution in [3.63, 3.8) is 0 Å². The highest BCUT2D eigenvalue weighted by Crippen LogP contribution is 2.05. The van der Waals surface area contributed by atoms with Crippen molar-refractivity contribution in [3.8, 4) is 0 Å². The second-order valence-electron chi connectivity index (χ2n) is 7.73. The normalized spacial score (nSPS) is 10.4. The Kier molecular flexibility index (Phi) is 23.7. The lowest BCUT2D eigenvalue weighted by molar-refractivity contribution is -0.145. The summed E-state index contributed by atoms with van der Waals surface area (Å²) in [6, 6.07) is 0. The molecule has 0 aromatic carbocycles. The fourth-order valence-electron chi connectivity index (χ4n) is 2.74. The molecule has 210 valence electrons. The van der Waals surface area contributed by atoms with Gasteiger partial charge in [-0.1, -0.05) is 0 Å². The molecule has 0 spiro atoms. The molecule has 36 heavy (non-hydrogen) atoms. The Morgan fingerprint density at radius 3 is 1.28 bits per heavy atom. The maximum Gasteiger partial charge on any atom is 0.508 e. The summed E-state index contributed by atoms with van der Waals surface area (Å²) in [6.45, 7) is 1.31. The van der Waals surface area contributed by atoms with Crippen molar-refractivity contribution in [2.75, 3.05) is 60.0 Å². The van der Waals surface area contributed by atoms with E-state index in [1.807, 2.05) is 0 Å². The van der Waals surface area contributed by atoms with E-state index in [1.165, 1.54) is 7.11 Å². The van der Waals surface area contributed by atoms with Crippen molar-refractivity contribution in [2.24, 2.45) is 0 Å². The van der Waals surface area contributed by atoms with Gasteiger partial charge in [-0.15, -0.1) is 0 Å². The van der Waals surface area contributed by atoms with Gasteiger partial charge in [0.2, 0.25) is 0 Å². The van der Waals surface area contributed by atoms with Crippen LogP contribution in [-0.4, -0.2) is 89.3 Å². The molecule has 0 fully saturated rings. The molecule has 0 aliphatic carbocycles. The quantitative estimate of drug-likeness (QED) is 0.119.